The van der Waals surface area contributed by atoms with Gasteiger partial charge in [0.05, 0.1) is 24.5 Å². The van der Waals surface area contributed by atoms with Crippen molar-refractivity contribution < 1.29 is 23.9 Å². The topological polar surface area (TPSA) is 165 Å². The van der Waals surface area contributed by atoms with Crippen LogP contribution >= 0.6 is 0 Å². The summed E-state index contributed by atoms with van der Waals surface area (Å²) >= 11 is 0. The van der Waals surface area contributed by atoms with E-state index >= 15 is 0 Å². The quantitative estimate of drug-likeness (QED) is 0.194. The molecule has 0 unspecified atom stereocenters. The van der Waals surface area contributed by atoms with Crippen molar-refractivity contribution in [2.24, 2.45) is 5.92 Å². The molecule has 1 aromatic carbocycles. The molecule has 0 aliphatic carbocycles. The SMILES string of the molecule is CCc1cccc(-c2cnc(C(=O)N3CCN(CC4CCN(CC(=O)NCCNC)CC4)CC3)c(NC(=O)CN(Cc3ccncn3)C(=O)OC(C)(C)C)c2)c1. The van der Waals surface area contributed by atoms with Crippen molar-refractivity contribution in [2.45, 2.75) is 59.1 Å². The molecule has 2 aliphatic heterocycles. The van der Waals surface area contributed by atoms with Crippen LogP contribution in [0, 0.1) is 5.92 Å². The van der Waals surface area contributed by atoms with Gasteiger partial charge in [0.25, 0.3) is 5.91 Å². The summed E-state index contributed by atoms with van der Waals surface area (Å²) < 4.78 is 5.62. The molecule has 302 valence electrons. The van der Waals surface area contributed by atoms with Crippen LogP contribution in [0.3, 0.4) is 0 Å². The molecule has 3 N–H and O–H groups in total. The number of aryl methyl sites for hydroxylation is 1. The number of pyridine rings is 1. The van der Waals surface area contributed by atoms with E-state index in [2.05, 4.69) is 59.8 Å². The first-order valence-corrected chi connectivity index (χ1v) is 19.7. The molecule has 2 aliphatic rings. The molecule has 0 atom stereocenters. The fourth-order valence-corrected chi connectivity index (χ4v) is 6.90. The number of carbonyl (C=O) groups is 4. The number of ether oxygens (including phenoxy) is 1. The maximum atomic E-state index is 14.1. The maximum Gasteiger partial charge on any atom is 0.411 e. The summed E-state index contributed by atoms with van der Waals surface area (Å²) in [6.07, 6.45) is 6.88. The zero-order chi connectivity index (χ0) is 40.1. The number of carbonyl (C=O) groups excluding carboxylic acids is 4. The third-order valence-corrected chi connectivity index (χ3v) is 9.96. The lowest BCUT2D eigenvalue weighted by Gasteiger charge is -2.38. The Labute approximate surface area is 330 Å². The third-order valence-electron chi connectivity index (χ3n) is 9.96. The minimum atomic E-state index is -0.783. The van der Waals surface area contributed by atoms with E-state index in [1.807, 2.05) is 19.2 Å². The van der Waals surface area contributed by atoms with E-state index in [9.17, 15) is 19.2 Å². The summed E-state index contributed by atoms with van der Waals surface area (Å²) in [7, 11) is 1.87. The number of rotatable bonds is 15. The molecule has 4 amide bonds. The maximum absolute atomic E-state index is 14.1. The summed E-state index contributed by atoms with van der Waals surface area (Å²) in [5.74, 6) is -0.165. The summed E-state index contributed by atoms with van der Waals surface area (Å²) in [6.45, 7) is 14.2. The molecule has 0 radical (unpaired) electrons. The van der Waals surface area contributed by atoms with Crippen molar-refractivity contribution in [3.8, 4) is 11.1 Å². The van der Waals surface area contributed by atoms with Crippen molar-refractivity contribution >= 4 is 29.5 Å². The highest BCUT2D eigenvalue weighted by molar-refractivity contribution is 6.03. The Morgan fingerprint density at radius 1 is 0.911 bits per heavy atom. The largest absolute Gasteiger partial charge is 0.444 e. The molecular formula is C41H58N10O5. The number of benzene rings is 1. The second-order valence-corrected chi connectivity index (χ2v) is 15.5. The van der Waals surface area contributed by atoms with Crippen molar-refractivity contribution in [1.29, 1.82) is 0 Å². The van der Waals surface area contributed by atoms with E-state index in [1.54, 1.807) is 50.2 Å². The van der Waals surface area contributed by atoms with Crippen LogP contribution in [0.4, 0.5) is 10.5 Å². The van der Waals surface area contributed by atoms with Crippen LogP contribution in [0.15, 0.2) is 55.1 Å². The molecule has 0 bridgehead atoms. The normalized spacial score (nSPS) is 15.6. The van der Waals surface area contributed by atoms with Gasteiger partial charge in [-0.1, -0.05) is 31.2 Å². The average molecular weight is 771 g/mol. The van der Waals surface area contributed by atoms with Crippen molar-refractivity contribution in [2.75, 3.05) is 84.4 Å². The lowest BCUT2D eigenvalue weighted by atomic mass is 9.96. The second kappa shape index (κ2) is 20.3. The minimum Gasteiger partial charge on any atom is -0.444 e. The van der Waals surface area contributed by atoms with E-state index in [-0.39, 0.29) is 36.3 Å². The Bertz CT molecular complexity index is 1770. The monoisotopic (exact) mass is 770 g/mol. The van der Waals surface area contributed by atoms with Crippen molar-refractivity contribution in [3.05, 3.63) is 72.1 Å². The van der Waals surface area contributed by atoms with Gasteiger partial charge in [-0.3, -0.25) is 29.1 Å². The van der Waals surface area contributed by atoms with Gasteiger partial charge in [0.15, 0.2) is 5.69 Å². The molecular weight excluding hydrogens is 713 g/mol. The van der Waals surface area contributed by atoms with Crippen LogP contribution < -0.4 is 16.0 Å². The molecule has 0 saturated carbocycles. The van der Waals surface area contributed by atoms with Crippen molar-refractivity contribution in [1.82, 2.24) is 45.2 Å². The number of nitrogens with zero attached hydrogens (tertiary/aromatic N) is 7. The van der Waals surface area contributed by atoms with E-state index in [0.717, 1.165) is 75.2 Å². The van der Waals surface area contributed by atoms with Gasteiger partial charge in [0, 0.05) is 63.8 Å². The van der Waals surface area contributed by atoms with Crippen LogP contribution in [0.5, 0.6) is 0 Å². The van der Waals surface area contributed by atoms with Crippen LogP contribution in [0.2, 0.25) is 0 Å². The number of piperidine rings is 1. The molecule has 4 heterocycles. The predicted molar refractivity (Wildman–Crippen MR) is 215 cm³/mol. The van der Waals surface area contributed by atoms with Gasteiger partial charge in [0.2, 0.25) is 11.8 Å². The molecule has 0 spiro atoms. The highest BCUT2D eigenvalue weighted by Gasteiger charge is 2.30. The number of piperazine rings is 1. The van der Waals surface area contributed by atoms with Crippen molar-refractivity contribution in [3.63, 3.8) is 0 Å². The van der Waals surface area contributed by atoms with Gasteiger partial charge in [0.1, 0.15) is 18.5 Å². The number of nitrogens with one attached hydrogen (secondary N) is 3. The lowest BCUT2D eigenvalue weighted by Crippen LogP contribution is -2.51. The van der Waals surface area contributed by atoms with Gasteiger partial charge in [-0.15, -0.1) is 0 Å². The number of likely N-dealkylation sites (N-methyl/N-ethyl adjacent to an activating group) is 1. The lowest BCUT2D eigenvalue weighted by molar-refractivity contribution is -0.122. The smallest absolute Gasteiger partial charge is 0.411 e. The number of amides is 4. The molecule has 15 heteroatoms. The molecule has 5 rings (SSSR count). The number of hydrogen-bond donors (Lipinski definition) is 3. The number of likely N-dealkylation sites (tertiary alicyclic amines) is 1. The second-order valence-electron chi connectivity index (χ2n) is 15.5. The fraction of sp³-hybridized carbons (Fsp3) is 0.537. The summed E-state index contributed by atoms with van der Waals surface area (Å²) in [5.41, 5.74) is 2.99. The fourth-order valence-electron chi connectivity index (χ4n) is 6.90. The Kier molecular flexibility index (Phi) is 15.2. The van der Waals surface area contributed by atoms with Gasteiger partial charge in [-0.25, -0.2) is 19.7 Å². The average Bonchev–Trinajstić information content (AvgIpc) is 3.18. The molecule has 2 saturated heterocycles. The first kappa shape index (κ1) is 42.2. The number of aromatic nitrogens is 3. The van der Waals surface area contributed by atoms with Gasteiger partial charge < -0.3 is 25.6 Å². The summed E-state index contributed by atoms with van der Waals surface area (Å²) in [4.78, 5) is 74.0. The third kappa shape index (κ3) is 12.8. The van der Waals surface area contributed by atoms with Crippen LogP contribution in [0.1, 0.15) is 62.3 Å². The zero-order valence-corrected chi connectivity index (χ0v) is 33.6. The van der Waals surface area contributed by atoms with Gasteiger partial charge in [-0.05, 0) is 89.3 Å². The van der Waals surface area contributed by atoms with Gasteiger partial charge in [-0.2, -0.15) is 0 Å². The van der Waals surface area contributed by atoms with E-state index in [4.69, 9.17) is 4.74 Å². The summed E-state index contributed by atoms with van der Waals surface area (Å²) in [5, 5.41) is 8.91. The molecule has 3 aromatic rings. The standard InChI is InChI=1S/C41H58N10O5/c1-6-30-8-7-9-32(22-30)33-23-35(47-37(53)28-51(40(55)56-41(2,3)4)26-34-10-13-43-29-46-34)38(45-24-33)39(54)50-20-18-49(19-21-50)25-31-11-16-48(17-12-31)27-36(52)44-15-14-42-5/h7-10,13,22-24,29,31,42H,6,11-12,14-21,25-28H2,1-5H3,(H,44,52)(H,47,53). The molecule has 2 fully saturated rings. The molecule has 15 nitrogen and oxygen atoms in total. The highest BCUT2D eigenvalue weighted by atomic mass is 16.6. The Morgan fingerprint density at radius 3 is 2.36 bits per heavy atom. The van der Waals surface area contributed by atoms with Gasteiger partial charge >= 0.3 is 6.09 Å². The number of anilines is 1. The molecule has 56 heavy (non-hydrogen) atoms. The number of hydrogen-bond acceptors (Lipinski definition) is 11. The van der Waals surface area contributed by atoms with E-state index in [1.165, 1.54) is 11.2 Å². The zero-order valence-electron chi connectivity index (χ0n) is 33.6. The van der Waals surface area contributed by atoms with E-state index in [0.29, 0.717) is 37.8 Å². The Morgan fingerprint density at radius 2 is 1.68 bits per heavy atom. The molecule has 2 aromatic heterocycles. The predicted octanol–water partition coefficient (Wildman–Crippen LogP) is 3.28. The minimum absolute atomic E-state index is 0.0243. The Hall–Kier alpha value is -4.99. The Balaban J connectivity index is 1.24. The summed E-state index contributed by atoms with van der Waals surface area (Å²) in [6, 6.07) is 11.5. The van der Waals surface area contributed by atoms with Crippen LogP contribution in [-0.4, -0.2) is 143 Å². The van der Waals surface area contributed by atoms with Crippen LogP contribution in [0.25, 0.3) is 11.1 Å². The first-order chi connectivity index (χ1) is 26.9. The first-order valence-electron chi connectivity index (χ1n) is 19.7. The highest BCUT2D eigenvalue weighted by Crippen LogP contribution is 2.27. The van der Waals surface area contributed by atoms with Crippen LogP contribution in [-0.2, 0) is 27.3 Å². The van der Waals surface area contributed by atoms with E-state index < -0.39 is 17.6 Å².